The molecule has 1 atom stereocenters. The van der Waals surface area contributed by atoms with E-state index in [1.54, 1.807) is 12.5 Å². The highest BCUT2D eigenvalue weighted by Crippen LogP contribution is 2.50. The lowest BCUT2D eigenvalue weighted by atomic mass is 9.62. The number of hydrogen-bond acceptors (Lipinski definition) is 6. The second kappa shape index (κ2) is 9.95. The van der Waals surface area contributed by atoms with Crippen LogP contribution < -0.4 is 0 Å². The predicted octanol–water partition coefficient (Wildman–Crippen LogP) is 4.66. The van der Waals surface area contributed by atoms with Crippen LogP contribution in [0.3, 0.4) is 0 Å². The molecule has 0 amide bonds. The van der Waals surface area contributed by atoms with E-state index in [1.165, 1.54) is 5.56 Å². The molecular weight excluding hydrogens is 464 g/mol. The fourth-order valence-corrected chi connectivity index (χ4v) is 5.89. The maximum atomic E-state index is 12.5. The molecule has 2 aliphatic rings. The largest absolute Gasteiger partial charge is 0.381 e. The van der Waals surface area contributed by atoms with Crippen molar-refractivity contribution in [2.75, 3.05) is 33.4 Å². The number of nitrogens with zero attached hydrogens (tertiary/aromatic N) is 4. The zero-order chi connectivity index (χ0) is 26.3. The number of hydrogen-bond donors (Lipinski definition) is 1. The van der Waals surface area contributed by atoms with Crippen LogP contribution in [0, 0.1) is 5.41 Å². The number of imidazole rings is 1. The van der Waals surface area contributed by atoms with Crippen molar-refractivity contribution in [1.29, 1.82) is 0 Å². The average molecular weight is 505 g/mol. The lowest BCUT2D eigenvalue weighted by Gasteiger charge is -2.55. The van der Waals surface area contributed by atoms with Gasteiger partial charge in [-0.2, -0.15) is 0 Å². The Labute approximate surface area is 220 Å². The number of benzene rings is 1. The number of pyridine rings is 1. The monoisotopic (exact) mass is 504 g/mol. The molecule has 0 unspecified atom stereocenters. The molecule has 0 radical (unpaired) electrons. The molecule has 0 bridgehead atoms. The van der Waals surface area contributed by atoms with E-state index in [0.717, 1.165) is 61.7 Å². The van der Waals surface area contributed by atoms with Crippen molar-refractivity contribution in [3.63, 3.8) is 0 Å². The Hall–Kier alpha value is -2.58. The highest BCUT2D eigenvalue weighted by molar-refractivity contribution is 5.44. The molecule has 198 valence electrons. The van der Waals surface area contributed by atoms with Crippen LogP contribution in [0.1, 0.15) is 68.8 Å². The molecule has 4 heterocycles. The average Bonchev–Trinajstić information content (AvgIpc) is 3.36. The van der Waals surface area contributed by atoms with E-state index in [0.29, 0.717) is 12.5 Å². The molecular formula is C30H40N4O3. The standard InChI is InChI=1S/C30H40N4O3/c1-22(2)23-6-8-24(9-7-23)30(35,28(3)19-33(5)20-28)25-14-27(16-31-15-25)34-17-26(32-21-34)18-37-29(4)10-12-36-13-11-29/h6-9,14-17,21-22,35H,10-13,18-20H2,1-5H3/t30-/m0/s1. The number of aliphatic hydroxyl groups is 1. The Morgan fingerprint density at radius 3 is 2.43 bits per heavy atom. The van der Waals surface area contributed by atoms with Crippen LogP contribution in [0.2, 0.25) is 0 Å². The summed E-state index contributed by atoms with van der Waals surface area (Å²) in [6.07, 6.45) is 9.18. The van der Waals surface area contributed by atoms with Gasteiger partial charge in [0, 0.05) is 49.7 Å². The van der Waals surface area contributed by atoms with Crippen molar-refractivity contribution in [3.8, 4) is 5.69 Å². The van der Waals surface area contributed by atoms with Crippen molar-refractivity contribution >= 4 is 0 Å². The van der Waals surface area contributed by atoms with Crippen molar-refractivity contribution < 1.29 is 14.6 Å². The van der Waals surface area contributed by atoms with Gasteiger partial charge >= 0.3 is 0 Å². The number of aromatic nitrogens is 3. The Morgan fingerprint density at radius 1 is 1.08 bits per heavy atom. The minimum absolute atomic E-state index is 0.170. The van der Waals surface area contributed by atoms with E-state index in [-0.39, 0.29) is 11.0 Å². The van der Waals surface area contributed by atoms with Gasteiger partial charge in [0.25, 0.3) is 0 Å². The summed E-state index contributed by atoms with van der Waals surface area (Å²) in [6, 6.07) is 10.5. The summed E-state index contributed by atoms with van der Waals surface area (Å²) in [7, 11) is 2.09. The molecule has 37 heavy (non-hydrogen) atoms. The lowest BCUT2D eigenvalue weighted by Crippen LogP contribution is -2.63. The van der Waals surface area contributed by atoms with Crippen molar-refractivity contribution in [2.24, 2.45) is 5.41 Å². The van der Waals surface area contributed by atoms with Crippen LogP contribution in [0.25, 0.3) is 5.69 Å². The molecule has 2 fully saturated rings. The summed E-state index contributed by atoms with van der Waals surface area (Å²) in [6.45, 7) is 12.2. The summed E-state index contributed by atoms with van der Waals surface area (Å²) in [5.74, 6) is 0.436. The van der Waals surface area contributed by atoms with Crippen LogP contribution in [0.15, 0.2) is 55.2 Å². The summed E-state index contributed by atoms with van der Waals surface area (Å²) < 4.78 is 13.7. The molecule has 2 aliphatic heterocycles. The van der Waals surface area contributed by atoms with Crippen molar-refractivity contribution in [3.05, 3.63) is 77.6 Å². The highest BCUT2D eigenvalue weighted by atomic mass is 16.5. The van der Waals surface area contributed by atoms with Crippen LogP contribution in [-0.4, -0.2) is 63.5 Å². The molecule has 1 N–H and O–H groups in total. The normalized spacial score (nSPS) is 20.9. The van der Waals surface area contributed by atoms with Gasteiger partial charge in [0.2, 0.25) is 0 Å². The third kappa shape index (κ3) is 4.98. The smallest absolute Gasteiger partial charge is 0.124 e. The second-order valence-corrected chi connectivity index (χ2v) is 11.8. The molecule has 0 saturated carbocycles. The zero-order valence-corrected chi connectivity index (χ0v) is 22.8. The Balaban J connectivity index is 1.43. The van der Waals surface area contributed by atoms with Gasteiger partial charge < -0.3 is 24.0 Å². The molecule has 3 aromatic rings. The summed E-state index contributed by atoms with van der Waals surface area (Å²) in [5.41, 5.74) is 2.99. The minimum atomic E-state index is -1.18. The van der Waals surface area contributed by atoms with Crippen LogP contribution in [0.5, 0.6) is 0 Å². The Kier molecular flexibility index (Phi) is 7.00. The number of likely N-dealkylation sites (tertiary alicyclic amines) is 1. The fourth-order valence-electron chi connectivity index (χ4n) is 5.89. The van der Waals surface area contributed by atoms with Gasteiger partial charge in [-0.1, -0.05) is 45.0 Å². The van der Waals surface area contributed by atoms with E-state index in [1.807, 2.05) is 23.0 Å². The van der Waals surface area contributed by atoms with E-state index >= 15 is 0 Å². The van der Waals surface area contributed by atoms with Gasteiger partial charge in [0.1, 0.15) is 5.60 Å². The molecule has 1 aromatic carbocycles. The third-order valence-electron chi connectivity index (χ3n) is 8.30. The third-order valence-corrected chi connectivity index (χ3v) is 8.30. The topological polar surface area (TPSA) is 72.6 Å². The fraction of sp³-hybridized carbons (Fsp3) is 0.533. The molecule has 2 aromatic heterocycles. The SMILES string of the molecule is CC(C)c1ccc([C@](O)(c2cncc(-n3cnc(COC4(C)CCOCC4)c3)c2)C2(C)CN(C)C2)cc1. The van der Waals surface area contributed by atoms with E-state index in [9.17, 15) is 5.11 Å². The Bertz CT molecular complexity index is 1210. The summed E-state index contributed by atoms with van der Waals surface area (Å²) in [4.78, 5) is 11.4. The van der Waals surface area contributed by atoms with E-state index in [2.05, 4.69) is 73.9 Å². The first-order chi connectivity index (χ1) is 17.6. The number of rotatable bonds is 8. The first kappa shape index (κ1) is 26.0. The first-order valence-electron chi connectivity index (χ1n) is 13.3. The lowest BCUT2D eigenvalue weighted by molar-refractivity contribution is -0.127. The zero-order valence-electron chi connectivity index (χ0n) is 22.8. The predicted molar refractivity (Wildman–Crippen MR) is 144 cm³/mol. The van der Waals surface area contributed by atoms with E-state index < -0.39 is 5.60 Å². The van der Waals surface area contributed by atoms with Gasteiger partial charge in [0.15, 0.2) is 0 Å². The maximum Gasteiger partial charge on any atom is 0.124 e. The quantitative estimate of drug-likeness (QED) is 0.481. The molecule has 7 heteroatoms. The van der Waals surface area contributed by atoms with Crippen LogP contribution >= 0.6 is 0 Å². The summed E-state index contributed by atoms with van der Waals surface area (Å²) in [5, 5.41) is 12.5. The van der Waals surface area contributed by atoms with Gasteiger partial charge in [-0.3, -0.25) is 4.98 Å². The van der Waals surface area contributed by atoms with Gasteiger partial charge in [-0.25, -0.2) is 4.98 Å². The summed E-state index contributed by atoms with van der Waals surface area (Å²) >= 11 is 0. The Morgan fingerprint density at radius 2 is 1.78 bits per heavy atom. The highest BCUT2D eigenvalue weighted by Gasteiger charge is 2.55. The van der Waals surface area contributed by atoms with Crippen LogP contribution in [0.4, 0.5) is 0 Å². The van der Waals surface area contributed by atoms with Crippen molar-refractivity contribution in [2.45, 2.75) is 64.3 Å². The molecule has 7 nitrogen and oxygen atoms in total. The van der Waals surface area contributed by atoms with Gasteiger partial charge in [0.05, 0.1) is 36.1 Å². The van der Waals surface area contributed by atoms with Crippen molar-refractivity contribution in [1.82, 2.24) is 19.4 Å². The van der Waals surface area contributed by atoms with Gasteiger partial charge in [-0.15, -0.1) is 0 Å². The second-order valence-electron chi connectivity index (χ2n) is 11.8. The maximum absolute atomic E-state index is 12.5. The molecule has 2 saturated heterocycles. The first-order valence-corrected chi connectivity index (χ1v) is 13.3. The van der Waals surface area contributed by atoms with E-state index in [4.69, 9.17) is 9.47 Å². The van der Waals surface area contributed by atoms with Gasteiger partial charge in [-0.05, 0) is 49.9 Å². The molecule has 0 spiro atoms. The number of ether oxygens (including phenoxy) is 2. The molecule has 5 rings (SSSR count). The minimum Gasteiger partial charge on any atom is -0.381 e. The molecule has 0 aliphatic carbocycles. The van der Waals surface area contributed by atoms with Crippen LogP contribution in [-0.2, 0) is 21.7 Å².